The SMILES string of the molecule is CC(C)CCCCCOB1OB(OCCCCCC(C)C)OB(OCCCCCC(C)C)O1. The van der Waals surface area contributed by atoms with Gasteiger partial charge in [0, 0.05) is 19.8 Å². The zero-order valence-corrected chi connectivity index (χ0v) is 22.5. The highest BCUT2D eigenvalue weighted by atomic mass is 16.9. The van der Waals surface area contributed by atoms with Crippen molar-refractivity contribution >= 4 is 22.0 Å². The molecule has 0 amide bonds. The summed E-state index contributed by atoms with van der Waals surface area (Å²) in [6.07, 6.45) is 13.8. The van der Waals surface area contributed by atoms with Crippen LogP contribution in [0.2, 0.25) is 0 Å². The molecule has 0 atom stereocenters. The van der Waals surface area contributed by atoms with Crippen LogP contribution >= 0.6 is 0 Å². The average molecular weight is 468 g/mol. The van der Waals surface area contributed by atoms with Gasteiger partial charge < -0.3 is 27.7 Å². The number of hydrogen-bond donors (Lipinski definition) is 0. The van der Waals surface area contributed by atoms with E-state index in [1.165, 1.54) is 38.5 Å². The fraction of sp³-hybridized carbons (Fsp3) is 1.00. The van der Waals surface area contributed by atoms with Gasteiger partial charge in [0.1, 0.15) is 0 Å². The van der Waals surface area contributed by atoms with E-state index in [2.05, 4.69) is 41.5 Å². The van der Waals surface area contributed by atoms with Crippen molar-refractivity contribution in [3.05, 3.63) is 0 Å². The molecule has 0 radical (unpaired) electrons. The molecule has 192 valence electrons. The van der Waals surface area contributed by atoms with E-state index in [4.69, 9.17) is 27.7 Å². The predicted molar refractivity (Wildman–Crippen MR) is 138 cm³/mol. The van der Waals surface area contributed by atoms with Crippen LogP contribution in [-0.2, 0) is 27.7 Å². The largest absolute Gasteiger partial charge is 0.615 e. The Labute approximate surface area is 206 Å². The third-order valence-electron chi connectivity index (χ3n) is 5.71. The minimum absolute atomic E-state index is 0.590. The third kappa shape index (κ3) is 18.9. The Morgan fingerprint density at radius 2 is 0.697 bits per heavy atom. The fourth-order valence-electron chi connectivity index (χ4n) is 3.64. The lowest BCUT2D eigenvalue weighted by Gasteiger charge is -2.28. The molecule has 0 bridgehead atoms. The maximum atomic E-state index is 5.81. The molecule has 0 saturated carbocycles. The van der Waals surface area contributed by atoms with Crippen LogP contribution in [0.5, 0.6) is 0 Å². The summed E-state index contributed by atoms with van der Waals surface area (Å²) in [5.41, 5.74) is 0. The molecule has 6 nitrogen and oxygen atoms in total. The lowest BCUT2D eigenvalue weighted by Crippen LogP contribution is -2.53. The van der Waals surface area contributed by atoms with Crippen LogP contribution in [0.3, 0.4) is 0 Å². The summed E-state index contributed by atoms with van der Waals surface area (Å²) in [5.74, 6) is 2.25. The van der Waals surface area contributed by atoms with Crippen molar-refractivity contribution < 1.29 is 27.7 Å². The predicted octanol–water partition coefficient (Wildman–Crippen LogP) is 6.70. The maximum Gasteiger partial charge on any atom is 0.615 e. The van der Waals surface area contributed by atoms with E-state index in [9.17, 15) is 0 Å². The fourth-order valence-corrected chi connectivity index (χ4v) is 3.64. The molecular weight excluding hydrogens is 417 g/mol. The zero-order chi connectivity index (χ0) is 24.3. The van der Waals surface area contributed by atoms with Crippen molar-refractivity contribution in [2.45, 2.75) is 119 Å². The quantitative estimate of drug-likeness (QED) is 0.138. The molecule has 1 rings (SSSR count). The Bertz CT molecular complexity index is 375. The second-order valence-electron chi connectivity index (χ2n) is 10.6. The zero-order valence-electron chi connectivity index (χ0n) is 22.5. The van der Waals surface area contributed by atoms with Gasteiger partial charge in [0.25, 0.3) is 0 Å². The summed E-state index contributed by atoms with van der Waals surface area (Å²) >= 11 is 0. The Morgan fingerprint density at radius 1 is 0.424 bits per heavy atom. The monoisotopic (exact) mass is 468 g/mol. The van der Waals surface area contributed by atoms with Gasteiger partial charge in [0.2, 0.25) is 0 Å². The van der Waals surface area contributed by atoms with Crippen molar-refractivity contribution in [2.75, 3.05) is 19.8 Å². The van der Waals surface area contributed by atoms with Gasteiger partial charge in [-0.05, 0) is 37.0 Å². The van der Waals surface area contributed by atoms with E-state index in [1.54, 1.807) is 0 Å². The first-order valence-corrected chi connectivity index (χ1v) is 13.7. The minimum Gasteiger partial charge on any atom is -0.400 e. The summed E-state index contributed by atoms with van der Waals surface area (Å²) in [7, 11) is -2.46. The number of unbranched alkanes of at least 4 members (excludes halogenated alkanes) is 6. The molecule has 0 spiro atoms. The lowest BCUT2D eigenvalue weighted by molar-refractivity contribution is 0.0646. The molecule has 0 aliphatic carbocycles. The van der Waals surface area contributed by atoms with Gasteiger partial charge in [-0.3, -0.25) is 0 Å². The van der Waals surface area contributed by atoms with E-state index < -0.39 is 22.0 Å². The van der Waals surface area contributed by atoms with Crippen LogP contribution < -0.4 is 0 Å². The first-order valence-electron chi connectivity index (χ1n) is 13.7. The Hall–Kier alpha value is -0.0452. The van der Waals surface area contributed by atoms with Gasteiger partial charge in [0.15, 0.2) is 0 Å². The Balaban J connectivity index is 2.31. The minimum atomic E-state index is -0.819. The third-order valence-corrected chi connectivity index (χ3v) is 5.71. The van der Waals surface area contributed by atoms with Crippen molar-refractivity contribution in [1.82, 2.24) is 0 Å². The molecule has 0 unspecified atom stereocenters. The van der Waals surface area contributed by atoms with Crippen molar-refractivity contribution in [1.29, 1.82) is 0 Å². The summed E-state index contributed by atoms with van der Waals surface area (Å²) in [6, 6.07) is 0. The highest BCUT2D eigenvalue weighted by molar-refractivity contribution is 6.66. The molecule has 0 aromatic carbocycles. The number of rotatable bonds is 21. The first-order chi connectivity index (χ1) is 15.9. The van der Waals surface area contributed by atoms with E-state index in [0.29, 0.717) is 19.8 Å². The van der Waals surface area contributed by atoms with Crippen molar-refractivity contribution in [3.63, 3.8) is 0 Å². The van der Waals surface area contributed by atoms with Crippen LogP contribution in [-0.4, -0.2) is 41.8 Å². The van der Waals surface area contributed by atoms with Gasteiger partial charge in [0.05, 0.1) is 0 Å². The standard InChI is InChI=1S/C24H51B3O6/c1-22(2)16-10-7-13-19-28-25-31-26(29-20-14-8-11-17-23(3)4)33-27(32-25)30-21-15-9-12-18-24(5)6/h22-24H,7-21H2,1-6H3. The normalized spacial score (nSPS) is 15.0. The maximum absolute atomic E-state index is 5.81. The topological polar surface area (TPSA) is 55.4 Å². The van der Waals surface area contributed by atoms with E-state index in [-0.39, 0.29) is 0 Å². The molecule has 1 saturated heterocycles. The summed E-state index contributed by atoms with van der Waals surface area (Å²) in [5, 5.41) is 0. The summed E-state index contributed by atoms with van der Waals surface area (Å²) in [6.45, 7) is 15.3. The number of hydrogen-bond acceptors (Lipinski definition) is 6. The molecule has 1 fully saturated rings. The highest BCUT2D eigenvalue weighted by Gasteiger charge is 2.46. The molecule has 1 aliphatic rings. The van der Waals surface area contributed by atoms with Crippen LogP contribution in [0.4, 0.5) is 0 Å². The van der Waals surface area contributed by atoms with Crippen LogP contribution in [0, 0.1) is 17.8 Å². The van der Waals surface area contributed by atoms with Crippen molar-refractivity contribution in [2.24, 2.45) is 17.8 Å². The Kier molecular flexibility index (Phi) is 18.9. The lowest BCUT2D eigenvalue weighted by atomic mass is 9.96. The van der Waals surface area contributed by atoms with Crippen molar-refractivity contribution in [3.8, 4) is 0 Å². The van der Waals surface area contributed by atoms with Crippen LogP contribution in [0.25, 0.3) is 0 Å². The molecule has 1 aliphatic heterocycles. The average Bonchev–Trinajstić information content (AvgIpc) is 2.75. The highest BCUT2D eigenvalue weighted by Crippen LogP contribution is 2.15. The van der Waals surface area contributed by atoms with Gasteiger partial charge in [-0.1, -0.05) is 99.3 Å². The second-order valence-corrected chi connectivity index (χ2v) is 10.6. The Morgan fingerprint density at radius 3 is 0.939 bits per heavy atom. The van der Waals surface area contributed by atoms with E-state index in [1.807, 2.05) is 0 Å². The summed E-state index contributed by atoms with van der Waals surface area (Å²) in [4.78, 5) is 0. The summed E-state index contributed by atoms with van der Waals surface area (Å²) < 4.78 is 34.6. The molecule has 0 aromatic heterocycles. The van der Waals surface area contributed by atoms with Gasteiger partial charge in [-0.25, -0.2) is 0 Å². The van der Waals surface area contributed by atoms with Crippen LogP contribution in [0.15, 0.2) is 0 Å². The smallest absolute Gasteiger partial charge is 0.400 e. The van der Waals surface area contributed by atoms with E-state index >= 15 is 0 Å². The second kappa shape index (κ2) is 20.2. The van der Waals surface area contributed by atoms with E-state index in [0.717, 1.165) is 56.3 Å². The molecule has 0 N–H and O–H groups in total. The van der Waals surface area contributed by atoms with Gasteiger partial charge >= 0.3 is 22.0 Å². The molecule has 33 heavy (non-hydrogen) atoms. The van der Waals surface area contributed by atoms with Gasteiger partial charge in [-0.15, -0.1) is 0 Å². The molecule has 0 aromatic rings. The van der Waals surface area contributed by atoms with Gasteiger partial charge in [-0.2, -0.15) is 0 Å². The molecule has 1 heterocycles. The van der Waals surface area contributed by atoms with Crippen LogP contribution in [0.1, 0.15) is 119 Å². The molecular formula is C24H51B3O6. The molecule has 9 heteroatoms. The first kappa shape index (κ1) is 31.0.